The first-order chi connectivity index (χ1) is 12.9. The van der Waals surface area contributed by atoms with Crippen LogP contribution in [0.15, 0.2) is 18.2 Å². The molecular weight excluding hydrogens is 360 g/mol. The summed E-state index contributed by atoms with van der Waals surface area (Å²) in [6.45, 7) is 4.66. The number of nitrogens with zero attached hydrogens (tertiary/aromatic N) is 1. The SMILES string of the molecule is CC[C@@H](NC(=O)C1CCN(S(=O)(=O)CC)CC1)c1ccc2c(c1)CCCC2. The fraction of sp³-hybridized carbons (Fsp3) is 0.667. The number of hydrogen-bond acceptors (Lipinski definition) is 3. The Labute approximate surface area is 163 Å². The molecule has 0 unspecified atom stereocenters. The van der Waals surface area contributed by atoms with Crippen molar-refractivity contribution in [1.82, 2.24) is 9.62 Å². The standard InChI is InChI=1S/C21H32N2O3S/c1-3-20(19-10-9-16-7-5-6-8-18(16)15-19)22-21(24)17-11-13-23(14-12-17)27(25,26)4-2/h9-10,15,17,20H,3-8,11-14H2,1-2H3,(H,22,24)/t20-/m1/s1. The molecule has 1 aromatic rings. The maximum atomic E-state index is 12.8. The van der Waals surface area contributed by atoms with Crippen LogP contribution >= 0.6 is 0 Å². The van der Waals surface area contributed by atoms with E-state index in [1.165, 1.54) is 33.8 Å². The van der Waals surface area contributed by atoms with Crippen molar-refractivity contribution in [2.24, 2.45) is 5.92 Å². The Bertz CT molecular complexity index is 768. The number of amides is 1. The molecule has 150 valence electrons. The molecule has 1 aliphatic carbocycles. The number of carbonyl (C=O) groups excluding carboxylic acids is 1. The van der Waals surface area contributed by atoms with Crippen LogP contribution in [-0.4, -0.2) is 37.5 Å². The summed E-state index contributed by atoms with van der Waals surface area (Å²) in [5, 5.41) is 3.22. The summed E-state index contributed by atoms with van der Waals surface area (Å²) in [6.07, 6.45) is 6.88. The van der Waals surface area contributed by atoms with Crippen molar-refractivity contribution in [3.8, 4) is 0 Å². The molecular formula is C21H32N2O3S. The highest BCUT2D eigenvalue weighted by Crippen LogP contribution is 2.27. The number of nitrogens with one attached hydrogen (secondary N) is 1. The number of aryl methyl sites for hydroxylation is 2. The number of fused-ring (bicyclic) bond motifs is 1. The van der Waals surface area contributed by atoms with Crippen LogP contribution in [0.1, 0.15) is 68.7 Å². The van der Waals surface area contributed by atoms with Crippen LogP contribution < -0.4 is 5.32 Å². The first-order valence-corrected chi connectivity index (χ1v) is 12.0. The van der Waals surface area contributed by atoms with Gasteiger partial charge in [-0.3, -0.25) is 4.79 Å². The Hall–Kier alpha value is -1.40. The second-order valence-corrected chi connectivity index (χ2v) is 10.0. The molecule has 1 aliphatic heterocycles. The van der Waals surface area contributed by atoms with Crippen molar-refractivity contribution < 1.29 is 13.2 Å². The van der Waals surface area contributed by atoms with Gasteiger partial charge in [0.25, 0.3) is 0 Å². The van der Waals surface area contributed by atoms with Crippen molar-refractivity contribution >= 4 is 15.9 Å². The highest BCUT2D eigenvalue weighted by Gasteiger charge is 2.31. The molecule has 6 heteroatoms. The van der Waals surface area contributed by atoms with Crippen LogP contribution in [0.5, 0.6) is 0 Å². The predicted octanol–water partition coefficient (Wildman–Crippen LogP) is 3.19. The highest BCUT2D eigenvalue weighted by atomic mass is 32.2. The van der Waals surface area contributed by atoms with E-state index >= 15 is 0 Å². The van der Waals surface area contributed by atoms with E-state index in [2.05, 4.69) is 30.4 Å². The van der Waals surface area contributed by atoms with E-state index in [4.69, 9.17) is 0 Å². The van der Waals surface area contributed by atoms with Gasteiger partial charge in [-0.05, 0) is 68.6 Å². The van der Waals surface area contributed by atoms with Gasteiger partial charge in [0.2, 0.25) is 15.9 Å². The highest BCUT2D eigenvalue weighted by molar-refractivity contribution is 7.89. The quantitative estimate of drug-likeness (QED) is 0.808. The van der Waals surface area contributed by atoms with Gasteiger partial charge >= 0.3 is 0 Å². The topological polar surface area (TPSA) is 66.5 Å². The van der Waals surface area contributed by atoms with E-state index in [1.807, 2.05) is 0 Å². The number of benzene rings is 1. The fourth-order valence-electron chi connectivity index (χ4n) is 4.26. The Morgan fingerprint density at radius 3 is 2.44 bits per heavy atom. The molecule has 5 nitrogen and oxygen atoms in total. The van der Waals surface area contributed by atoms with E-state index in [0.29, 0.717) is 25.9 Å². The Kier molecular flexibility index (Phi) is 6.58. The van der Waals surface area contributed by atoms with Crippen LogP contribution in [0, 0.1) is 5.92 Å². The van der Waals surface area contributed by atoms with Crippen LogP contribution in [0.3, 0.4) is 0 Å². The Balaban J connectivity index is 1.61. The molecule has 0 radical (unpaired) electrons. The molecule has 1 heterocycles. The summed E-state index contributed by atoms with van der Waals surface area (Å²) in [4.78, 5) is 12.8. The molecule has 0 saturated carbocycles. The molecule has 0 spiro atoms. The average molecular weight is 393 g/mol. The molecule has 1 amide bonds. The van der Waals surface area contributed by atoms with Crippen LogP contribution in [0.25, 0.3) is 0 Å². The van der Waals surface area contributed by atoms with Crippen molar-refractivity contribution in [2.75, 3.05) is 18.8 Å². The molecule has 0 bridgehead atoms. The number of piperidine rings is 1. The zero-order valence-corrected chi connectivity index (χ0v) is 17.4. The van der Waals surface area contributed by atoms with Gasteiger partial charge in [-0.25, -0.2) is 12.7 Å². The molecule has 1 N–H and O–H groups in total. The maximum absolute atomic E-state index is 12.8. The minimum Gasteiger partial charge on any atom is -0.349 e. The lowest BCUT2D eigenvalue weighted by molar-refractivity contribution is -0.126. The van der Waals surface area contributed by atoms with Crippen molar-refractivity contribution in [3.05, 3.63) is 34.9 Å². The van der Waals surface area contributed by atoms with Crippen molar-refractivity contribution in [1.29, 1.82) is 0 Å². The van der Waals surface area contributed by atoms with Gasteiger partial charge in [-0.15, -0.1) is 0 Å². The summed E-state index contributed by atoms with van der Waals surface area (Å²) in [6, 6.07) is 6.70. The van der Waals surface area contributed by atoms with Crippen molar-refractivity contribution in [2.45, 2.75) is 64.8 Å². The van der Waals surface area contributed by atoms with E-state index in [1.54, 1.807) is 6.92 Å². The summed E-state index contributed by atoms with van der Waals surface area (Å²) >= 11 is 0. The van der Waals surface area contributed by atoms with Gasteiger partial charge < -0.3 is 5.32 Å². The third-order valence-electron chi connectivity index (χ3n) is 6.08. The van der Waals surface area contributed by atoms with E-state index in [9.17, 15) is 13.2 Å². The molecule has 0 aromatic heterocycles. The lowest BCUT2D eigenvalue weighted by atomic mass is 9.88. The number of carbonyl (C=O) groups is 1. The third-order valence-corrected chi connectivity index (χ3v) is 7.96. The van der Waals surface area contributed by atoms with Crippen LogP contribution in [-0.2, 0) is 27.7 Å². The summed E-state index contributed by atoms with van der Waals surface area (Å²) in [5.74, 6) is 0.0909. The Morgan fingerprint density at radius 1 is 1.15 bits per heavy atom. The van der Waals surface area contributed by atoms with Gasteiger partial charge in [-0.1, -0.05) is 25.1 Å². The lowest BCUT2D eigenvalue weighted by Crippen LogP contribution is -2.44. The number of hydrogen-bond donors (Lipinski definition) is 1. The molecule has 27 heavy (non-hydrogen) atoms. The number of rotatable bonds is 6. The van der Waals surface area contributed by atoms with Gasteiger partial charge in [0.15, 0.2) is 0 Å². The zero-order valence-electron chi connectivity index (χ0n) is 16.5. The van der Waals surface area contributed by atoms with Gasteiger partial charge in [0.1, 0.15) is 0 Å². The minimum absolute atomic E-state index is 0.0298. The minimum atomic E-state index is -3.15. The lowest BCUT2D eigenvalue weighted by Gasteiger charge is -2.31. The largest absolute Gasteiger partial charge is 0.349 e. The monoisotopic (exact) mass is 392 g/mol. The average Bonchev–Trinajstić information content (AvgIpc) is 2.71. The third kappa shape index (κ3) is 4.72. The van der Waals surface area contributed by atoms with Gasteiger partial charge in [-0.2, -0.15) is 0 Å². The molecule has 1 aromatic carbocycles. The first kappa shape index (κ1) is 20.3. The Morgan fingerprint density at radius 2 is 1.81 bits per heavy atom. The molecule has 1 fully saturated rings. The smallest absolute Gasteiger partial charge is 0.223 e. The maximum Gasteiger partial charge on any atom is 0.223 e. The van der Waals surface area contributed by atoms with Gasteiger partial charge in [0, 0.05) is 19.0 Å². The summed E-state index contributed by atoms with van der Waals surface area (Å²) in [5.41, 5.74) is 4.08. The van der Waals surface area contributed by atoms with Crippen LogP contribution in [0.4, 0.5) is 0 Å². The molecule has 1 atom stereocenters. The fourth-order valence-corrected chi connectivity index (χ4v) is 5.39. The van der Waals surface area contributed by atoms with E-state index in [0.717, 1.165) is 19.3 Å². The first-order valence-electron chi connectivity index (χ1n) is 10.3. The second kappa shape index (κ2) is 8.74. The van der Waals surface area contributed by atoms with E-state index in [-0.39, 0.29) is 23.6 Å². The number of sulfonamides is 1. The summed E-state index contributed by atoms with van der Waals surface area (Å²) < 4.78 is 25.5. The molecule has 1 saturated heterocycles. The van der Waals surface area contributed by atoms with Crippen LogP contribution in [0.2, 0.25) is 0 Å². The summed E-state index contributed by atoms with van der Waals surface area (Å²) in [7, 11) is -3.15. The predicted molar refractivity (Wildman–Crippen MR) is 108 cm³/mol. The second-order valence-electron chi connectivity index (χ2n) is 7.78. The zero-order chi connectivity index (χ0) is 19.4. The van der Waals surface area contributed by atoms with E-state index < -0.39 is 10.0 Å². The normalized spacial score (nSPS) is 20.1. The van der Waals surface area contributed by atoms with Gasteiger partial charge in [0.05, 0.1) is 11.8 Å². The van der Waals surface area contributed by atoms with Crippen molar-refractivity contribution in [3.63, 3.8) is 0 Å². The molecule has 3 rings (SSSR count). The molecule has 2 aliphatic rings.